The number of allylic oxidation sites excluding steroid dienone is 1. The highest BCUT2D eigenvalue weighted by Crippen LogP contribution is 2.36. The summed E-state index contributed by atoms with van der Waals surface area (Å²) in [4.78, 5) is 31.6. The average Bonchev–Trinajstić information content (AvgIpc) is 3.54. The topological polar surface area (TPSA) is 82.8 Å². The van der Waals surface area contributed by atoms with Gasteiger partial charge in [0.15, 0.2) is 5.78 Å². The minimum atomic E-state index is -0.545. The third kappa shape index (κ3) is 6.92. The number of nitriles is 1. The van der Waals surface area contributed by atoms with E-state index in [1.807, 2.05) is 85.1 Å². The second kappa shape index (κ2) is 13.3. The van der Waals surface area contributed by atoms with Crippen molar-refractivity contribution in [3.63, 3.8) is 0 Å². The van der Waals surface area contributed by atoms with Crippen molar-refractivity contribution in [3.05, 3.63) is 130 Å². The first-order chi connectivity index (χ1) is 20.4. The molecule has 5 nitrogen and oxygen atoms in total. The van der Waals surface area contributed by atoms with Crippen molar-refractivity contribution in [2.24, 2.45) is 0 Å². The van der Waals surface area contributed by atoms with Crippen LogP contribution < -0.4 is 5.32 Å². The molecule has 2 aromatic heterocycles. The van der Waals surface area contributed by atoms with Gasteiger partial charge in [0.25, 0.3) is 0 Å². The summed E-state index contributed by atoms with van der Waals surface area (Å²) in [5.74, 6) is -0.340. The Balaban J connectivity index is 1.36. The number of carbonyl (C=O) groups excluding carboxylic acids is 2. The lowest BCUT2D eigenvalue weighted by atomic mass is 9.98. The number of benzene rings is 3. The largest absolute Gasteiger partial charge is 0.325 e. The Morgan fingerprint density at radius 3 is 2.36 bits per heavy atom. The molecule has 3 aromatic carbocycles. The highest BCUT2D eigenvalue weighted by atomic mass is 32.2. The average molecular weight is 586 g/mol. The maximum absolute atomic E-state index is 13.2. The van der Waals surface area contributed by atoms with Crippen LogP contribution in [0.25, 0.3) is 28.5 Å². The van der Waals surface area contributed by atoms with Gasteiger partial charge < -0.3 is 5.32 Å². The molecule has 0 aliphatic heterocycles. The van der Waals surface area contributed by atoms with Gasteiger partial charge in [0, 0.05) is 27.3 Å². The molecule has 0 radical (unpaired) electrons. The summed E-state index contributed by atoms with van der Waals surface area (Å²) in [6.45, 7) is 3.81. The van der Waals surface area contributed by atoms with Crippen LogP contribution >= 0.6 is 23.1 Å². The molecule has 7 heteroatoms. The number of thiophene rings is 1. The first kappa shape index (κ1) is 28.7. The van der Waals surface area contributed by atoms with Crippen LogP contribution in [0.1, 0.15) is 33.3 Å². The van der Waals surface area contributed by atoms with Crippen LogP contribution in [0.3, 0.4) is 0 Å². The Bertz CT molecular complexity index is 1770. The summed E-state index contributed by atoms with van der Waals surface area (Å²) in [6.07, 6.45) is 3.34. The second-order valence-electron chi connectivity index (χ2n) is 9.62. The first-order valence-corrected chi connectivity index (χ1v) is 15.1. The molecular weight excluding hydrogens is 559 g/mol. The van der Waals surface area contributed by atoms with Crippen LogP contribution in [0, 0.1) is 18.3 Å². The molecule has 0 aliphatic carbocycles. The van der Waals surface area contributed by atoms with Gasteiger partial charge in [-0.25, -0.2) is 4.98 Å². The lowest BCUT2D eigenvalue weighted by molar-refractivity contribution is -0.115. The van der Waals surface area contributed by atoms with Crippen molar-refractivity contribution in [2.45, 2.75) is 24.1 Å². The lowest BCUT2D eigenvalue weighted by Crippen LogP contribution is -2.22. The molecule has 0 aliphatic rings. The standard InChI is InChI=1S/C35H27N3O2S2/c1-23-10-12-25(13-11-23)30-21-32(26-7-4-3-5-8-26)38-35(31(30)22-36)42-24(2)34(40)37-28-16-14-27(15-17-28)33(39)19-18-29-9-6-20-41-29/h3-21,24H,1-2H3,(H,37,40)/b19-18+/t24-/m1/s1. The van der Waals surface area contributed by atoms with Gasteiger partial charge >= 0.3 is 0 Å². The molecule has 0 fully saturated rings. The predicted octanol–water partition coefficient (Wildman–Crippen LogP) is 8.67. The van der Waals surface area contributed by atoms with E-state index in [1.165, 1.54) is 11.8 Å². The van der Waals surface area contributed by atoms with Gasteiger partial charge in [-0.15, -0.1) is 11.3 Å². The van der Waals surface area contributed by atoms with Crippen molar-refractivity contribution in [1.29, 1.82) is 5.26 Å². The van der Waals surface area contributed by atoms with E-state index in [9.17, 15) is 14.9 Å². The van der Waals surface area contributed by atoms with E-state index < -0.39 is 5.25 Å². The van der Waals surface area contributed by atoms with E-state index >= 15 is 0 Å². The number of anilines is 1. The number of aryl methyl sites for hydroxylation is 1. The first-order valence-electron chi connectivity index (χ1n) is 13.3. The molecule has 206 valence electrons. The van der Waals surface area contributed by atoms with Crippen molar-refractivity contribution < 1.29 is 9.59 Å². The minimum absolute atomic E-state index is 0.108. The zero-order valence-electron chi connectivity index (χ0n) is 23.1. The van der Waals surface area contributed by atoms with Gasteiger partial charge in [-0.3, -0.25) is 9.59 Å². The molecule has 5 rings (SSSR count). The van der Waals surface area contributed by atoms with E-state index in [-0.39, 0.29) is 11.7 Å². The predicted molar refractivity (Wildman–Crippen MR) is 173 cm³/mol. The summed E-state index contributed by atoms with van der Waals surface area (Å²) in [6, 6.07) is 32.8. The van der Waals surface area contributed by atoms with Crippen molar-refractivity contribution in [2.75, 3.05) is 5.32 Å². The molecule has 0 saturated heterocycles. The number of rotatable bonds is 9. The molecule has 5 aromatic rings. The van der Waals surface area contributed by atoms with Crippen LogP contribution in [0.4, 0.5) is 5.69 Å². The number of pyridine rings is 1. The molecule has 0 saturated carbocycles. The van der Waals surface area contributed by atoms with Crippen LogP contribution in [-0.4, -0.2) is 21.9 Å². The number of aromatic nitrogens is 1. The summed E-state index contributed by atoms with van der Waals surface area (Å²) in [7, 11) is 0. The van der Waals surface area contributed by atoms with Gasteiger partial charge in [-0.1, -0.05) is 78.0 Å². The summed E-state index contributed by atoms with van der Waals surface area (Å²) in [5, 5.41) is 15.0. The fourth-order valence-electron chi connectivity index (χ4n) is 4.26. The highest BCUT2D eigenvalue weighted by molar-refractivity contribution is 8.00. The summed E-state index contributed by atoms with van der Waals surface area (Å²) < 4.78 is 0. The lowest BCUT2D eigenvalue weighted by Gasteiger charge is -2.16. The molecule has 1 amide bonds. The number of nitrogens with one attached hydrogen (secondary N) is 1. The molecule has 1 N–H and O–H groups in total. The van der Waals surface area contributed by atoms with E-state index in [4.69, 9.17) is 4.98 Å². The van der Waals surface area contributed by atoms with Crippen molar-refractivity contribution in [1.82, 2.24) is 4.98 Å². The third-order valence-corrected chi connectivity index (χ3v) is 8.49. The number of carbonyl (C=O) groups is 2. The van der Waals surface area contributed by atoms with Crippen molar-refractivity contribution >= 4 is 46.6 Å². The van der Waals surface area contributed by atoms with E-state index in [1.54, 1.807) is 54.7 Å². The van der Waals surface area contributed by atoms with Gasteiger partial charge in [0.2, 0.25) is 5.91 Å². The molecular formula is C35H27N3O2S2. The molecule has 0 bridgehead atoms. The van der Waals surface area contributed by atoms with Crippen LogP contribution in [0.2, 0.25) is 0 Å². The number of hydrogen-bond acceptors (Lipinski definition) is 6. The van der Waals surface area contributed by atoms with Crippen LogP contribution in [-0.2, 0) is 4.79 Å². The number of ketones is 1. The normalized spacial score (nSPS) is 11.6. The van der Waals surface area contributed by atoms with Crippen LogP contribution in [0.15, 0.2) is 114 Å². The monoisotopic (exact) mass is 585 g/mol. The maximum atomic E-state index is 13.2. The quantitative estimate of drug-likeness (QED) is 0.106. The summed E-state index contributed by atoms with van der Waals surface area (Å²) >= 11 is 2.81. The van der Waals surface area contributed by atoms with Gasteiger partial charge in [0.05, 0.1) is 16.5 Å². The van der Waals surface area contributed by atoms with Gasteiger partial charge in [-0.05, 0) is 73.3 Å². The zero-order chi connectivity index (χ0) is 29.5. The fraction of sp³-hybridized carbons (Fsp3) is 0.0857. The summed E-state index contributed by atoms with van der Waals surface area (Å²) in [5.41, 5.74) is 6.02. The van der Waals surface area contributed by atoms with Gasteiger partial charge in [0.1, 0.15) is 11.1 Å². The fourth-order valence-corrected chi connectivity index (χ4v) is 5.80. The molecule has 0 spiro atoms. The SMILES string of the molecule is Cc1ccc(-c2cc(-c3ccccc3)nc(S[C@H](C)C(=O)Nc3ccc(C(=O)/C=C/c4cccs4)cc3)c2C#N)cc1. The van der Waals surface area contributed by atoms with Gasteiger partial charge in [-0.2, -0.15) is 5.26 Å². The maximum Gasteiger partial charge on any atom is 0.237 e. The van der Waals surface area contributed by atoms with E-state index in [0.29, 0.717) is 21.8 Å². The second-order valence-corrected chi connectivity index (χ2v) is 11.9. The number of thioether (sulfide) groups is 1. The third-order valence-electron chi connectivity index (χ3n) is 6.57. The van der Waals surface area contributed by atoms with Crippen LogP contribution in [0.5, 0.6) is 0 Å². The number of amides is 1. The molecule has 1 atom stereocenters. The minimum Gasteiger partial charge on any atom is -0.325 e. The Labute approximate surface area is 253 Å². The number of hydrogen-bond donors (Lipinski definition) is 1. The smallest absolute Gasteiger partial charge is 0.237 e. The van der Waals surface area contributed by atoms with E-state index in [0.717, 1.165) is 32.8 Å². The zero-order valence-corrected chi connectivity index (χ0v) is 24.7. The number of nitrogens with zero attached hydrogens (tertiary/aromatic N) is 2. The Hall–Kier alpha value is -4.77. The Morgan fingerprint density at radius 2 is 1.69 bits per heavy atom. The Kier molecular flexibility index (Phi) is 9.08. The molecule has 0 unspecified atom stereocenters. The Morgan fingerprint density at radius 1 is 0.952 bits per heavy atom. The molecule has 42 heavy (non-hydrogen) atoms. The van der Waals surface area contributed by atoms with Crippen molar-refractivity contribution in [3.8, 4) is 28.5 Å². The molecule has 2 heterocycles. The van der Waals surface area contributed by atoms with E-state index in [2.05, 4.69) is 11.4 Å². The highest BCUT2D eigenvalue weighted by Gasteiger charge is 2.21.